The van der Waals surface area contributed by atoms with Crippen LogP contribution in [0.5, 0.6) is 5.75 Å². The van der Waals surface area contributed by atoms with Crippen molar-refractivity contribution in [1.29, 1.82) is 0 Å². The monoisotopic (exact) mass is 488 g/mol. The van der Waals surface area contributed by atoms with Crippen molar-refractivity contribution in [1.82, 2.24) is 4.90 Å². The van der Waals surface area contributed by atoms with Crippen molar-refractivity contribution in [3.63, 3.8) is 0 Å². The van der Waals surface area contributed by atoms with Crippen molar-refractivity contribution in [2.75, 3.05) is 6.61 Å². The van der Waals surface area contributed by atoms with Crippen LogP contribution in [0, 0.1) is 6.92 Å². The van der Waals surface area contributed by atoms with Crippen molar-refractivity contribution in [2.24, 2.45) is 5.73 Å². The largest absolute Gasteiger partial charge is 0.484 e. The topological polar surface area (TPSA) is 103 Å². The molecular weight excluding hydrogens is 468 g/mol. The van der Waals surface area contributed by atoms with E-state index < -0.39 is 17.9 Å². The van der Waals surface area contributed by atoms with Gasteiger partial charge in [-0.15, -0.1) is 0 Å². The number of aryl methyl sites for hydroxylation is 1. The molecule has 8 heteroatoms. The molecule has 0 saturated heterocycles. The predicted molar refractivity (Wildman–Crippen MR) is 132 cm³/mol. The summed E-state index contributed by atoms with van der Waals surface area (Å²) in [5, 5.41) is 0.938. The summed E-state index contributed by atoms with van der Waals surface area (Å²) in [6.07, 6.45) is 0. The number of amides is 2. The average molecular weight is 489 g/mol. The number of carbonyl (C=O) groups excluding carboxylic acids is 2. The van der Waals surface area contributed by atoms with Crippen LogP contribution in [0.25, 0.3) is 11.0 Å². The fourth-order valence-electron chi connectivity index (χ4n) is 4.35. The van der Waals surface area contributed by atoms with Crippen LogP contribution in [0.3, 0.4) is 0 Å². The Labute approximate surface area is 205 Å². The summed E-state index contributed by atoms with van der Waals surface area (Å²) in [6, 6.07) is 18.7. The van der Waals surface area contributed by atoms with Crippen LogP contribution in [0.2, 0.25) is 5.02 Å². The Balaban J connectivity index is 1.65. The van der Waals surface area contributed by atoms with Crippen LogP contribution in [0.1, 0.15) is 38.9 Å². The molecule has 35 heavy (non-hydrogen) atoms. The second kappa shape index (κ2) is 8.92. The molecule has 1 unspecified atom stereocenters. The number of nitrogens with two attached hydrogens (primary N) is 1. The Bertz CT molecular complexity index is 1530. The summed E-state index contributed by atoms with van der Waals surface area (Å²) in [5.74, 6) is -0.512. The lowest BCUT2D eigenvalue weighted by atomic mass is 9.98. The molecule has 3 aromatic carbocycles. The molecular formula is C27H21ClN2O5. The van der Waals surface area contributed by atoms with Crippen molar-refractivity contribution < 1.29 is 18.7 Å². The first-order chi connectivity index (χ1) is 16.8. The number of halogens is 1. The number of benzene rings is 3. The lowest BCUT2D eigenvalue weighted by Crippen LogP contribution is -2.29. The van der Waals surface area contributed by atoms with E-state index in [1.54, 1.807) is 47.4 Å². The van der Waals surface area contributed by atoms with Gasteiger partial charge in [0.25, 0.3) is 11.8 Å². The summed E-state index contributed by atoms with van der Waals surface area (Å²) in [5.41, 5.74) is 7.89. The number of fused-ring (bicyclic) bond motifs is 2. The minimum Gasteiger partial charge on any atom is -0.484 e. The summed E-state index contributed by atoms with van der Waals surface area (Å²) in [4.78, 5) is 39.9. The van der Waals surface area contributed by atoms with Crippen molar-refractivity contribution in [3.05, 3.63) is 110 Å². The number of hydrogen-bond acceptors (Lipinski definition) is 5. The van der Waals surface area contributed by atoms with Gasteiger partial charge in [-0.2, -0.15) is 0 Å². The number of carbonyl (C=O) groups is 2. The Kier molecular flexibility index (Phi) is 5.78. The Hall–Kier alpha value is -4.10. The van der Waals surface area contributed by atoms with Gasteiger partial charge in [0.05, 0.1) is 17.0 Å². The Morgan fingerprint density at radius 1 is 1.09 bits per heavy atom. The van der Waals surface area contributed by atoms with Crippen LogP contribution < -0.4 is 15.9 Å². The van der Waals surface area contributed by atoms with Crippen LogP contribution in [0.4, 0.5) is 0 Å². The quantitative estimate of drug-likeness (QED) is 0.434. The van der Waals surface area contributed by atoms with Gasteiger partial charge in [-0.05, 0) is 48.4 Å². The van der Waals surface area contributed by atoms with Gasteiger partial charge in [0, 0.05) is 11.6 Å². The number of rotatable bonds is 6. The van der Waals surface area contributed by atoms with E-state index in [1.165, 1.54) is 0 Å². The molecule has 0 saturated carbocycles. The van der Waals surface area contributed by atoms with Crippen LogP contribution in [-0.2, 0) is 11.3 Å². The molecule has 0 radical (unpaired) electrons. The maximum atomic E-state index is 13.7. The first-order valence-corrected chi connectivity index (χ1v) is 11.3. The first kappa shape index (κ1) is 22.7. The van der Waals surface area contributed by atoms with E-state index in [9.17, 15) is 14.4 Å². The second-order valence-electron chi connectivity index (χ2n) is 8.42. The number of nitrogens with zero attached hydrogens (tertiary/aromatic N) is 1. The second-order valence-corrected chi connectivity index (χ2v) is 8.83. The minimum atomic E-state index is -0.694. The van der Waals surface area contributed by atoms with Gasteiger partial charge in [0.15, 0.2) is 12.0 Å². The van der Waals surface area contributed by atoms with E-state index in [0.29, 0.717) is 27.3 Å². The first-order valence-electron chi connectivity index (χ1n) is 11.0. The molecule has 2 amide bonds. The smallest absolute Gasteiger partial charge is 0.291 e. The van der Waals surface area contributed by atoms with Crippen LogP contribution in [-0.4, -0.2) is 23.3 Å². The number of hydrogen-bond donors (Lipinski definition) is 1. The molecule has 0 aliphatic carbocycles. The van der Waals surface area contributed by atoms with Crippen LogP contribution >= 0.6 is 11.6 Å². The minimum absolute atomic E-state index is 0.0254. The van der Waals surface area contributed by atoms with E-state index in [0.717, 1.165) is 11.1 Å². The molecule has 2 heterocycles. The van der Waals surface area contributed by atoms with Gasteiger partial charge in [-0.3, -0.25) is 14.4 Å². The highest BCUT2D eigenvalue weighted by Crippen LogP contribution is 2.40. The van der Waals surface area contributed by atoms with Crippen molar-refractivity contribution in [2.45, 2.75) is 19.5 Å². The fraction of sp³-hybridized carbons (Fsp3) is 0.148. The third kappa shape index (κ3) is 4.15. The maximum Gasteiger partial charge on any atom is 0.291 e. The van der Waals surface area contributed by atoms with Crippen molar-refractivity contribution in [3.8, 4) is 5.75 Å². The molecule has 2 N–H and O–H groups in total. The standard InChI is InChI=1S/C27H21ClN2O5/c1-15-6-11-21-19(12-15)25(32)23-24(16-7-9-18(10-8-16)34-14-22(29)31)30(27(33)26(23)35-21)13-17-4-2-3-5-20(17)28/h2-12,24H,13-14H2,1H3,(H2,29,31). The Morgan fingerprint density at radius 3 is 2.54 bits per heavy atom. The molecule has 0 bridgehead atoms. The van der Waals surface area contributed by atoms with E-state index in [2.05, 4.69) is 0 Å². The summed E-state index contributed by atoms with van der Waals surface area (Å²) >= 11 is 6.39. The number of ether oxygens (including phenoxy) is 1. The van der Waals surface area contributed by atoms with Crippen LogP contribution in [0.15, 0.2) is 75.9 Å². The molecule has 0 spiro atoms. The predicted octanol–water partition coefficient (Wildman–Crippen LogP) is 4.36. The zero-order valence-corrected chi connectivity index (χ0v) is 19.5. The summed E-state index contributed by atoms with van der Waals surface area (Å²) in [6.45, 7) is 1.82. The molecule has 5 rings (SSSR count). The van der Waals surface area contributed by atoms with Gasteiger partial charge in [0.2, 0.25) is 5.76 Å². The highest BCUT2D eigenvalue weighted by molar-refractivity contribution is 6.31. The molecule has 0 fully saturated rings. The molecule has 176 valence electrons. The summed E-state index contributed by atoms with van der Waals surface area (Å²) < 4.78 is 11.3. The molecule has 1 aliphatic rings. The maximum absolute atomic E-state index is 13.7. The van der Waals surface area contributed by atoms with Crippen molar-refractivity contribution >= 4 is 34.4 Å². The molecule has 1 aliphatic heterocycles. The zero-order valence-electron chi connectivity index (χ0n) is 18.8. The van der Waals surface area contributed by atoms with E-state index >= 15 is 0 Å². The molecule has 1 atom stereocenters. The van der Waals surface area contributed by atoms with Gasteiger partial charge in [-0.25, -0.2) is 0 Å². The van der Waals surface area contributed by atoms with E-state index in [1.807, 2.05) is 31.2 Å². The lowest BCUT2D eigenvalue weighted by molar-refractivity contribution is -0.119. The highest BCUT2D eigenvalue weighted by atomic mass is 35.5. The number of primary amides is 1. The zero-order chi connectivity index (χ0) is 24.7. The average Bonchev–Trinajstić information content (AvgIpc) is 3.12. The van der Waals surface area contributed by atoms with Gasteiger partial charge in [-0.1, -0.05) is 53.6 Å². The van der Waals surface area contributed by atoms with Gasteiger partial charge in [0.1, 0.15) is 11.3 Å². The highest BCUT2D eigenvalue weighted by Gasteiger charge is 2.42. The van der Waals surface area contributed by atoms with E-state index in [4.69, 9.17) is 26.5 Å². The lowest BCUT2D eigenvalue weighted by Gasteiger charge is -2.25. The summed E-state index contributed by atoms with van der Waals surface area (Å²) in [7, 11) is 0. The van der Waals surface area contributed by atoms with Gasteiger partial charge < -0.3 is 19.8 Å². The third-order valence-electron chi connectivity index (χ3n) is 6.00. The van der Waals surface area contributed by atoms with Gasteiger partial charge >= 0.3 is 0 Å². The third-order valence-corrected chi connectivity index (χ3v) is 6.37. The SMILES string of the molecule is Cc1ccc2oc3c(c(=O)c2c1)C(c1ccc(OCC(N)=O)cc1)N(Cc1ccccc1Cl)C3=O. The molecule has 1 aromatic heterocycles. The fourth-order valence-corrected chi connectivity index (χ4v) is 4.55. The normalized spacial score (nSPS) is 14.9. The molecule has 4 aromatic rings. The van der Waals surface area contributed by atoms with E-state index in [-0.39, 0.29) is 29.9 Å². The molecule has 7 nitrogen and oxygen atoms in total. The Morgan fingerprint density at radius 2 is 1.83 bits per heavy atom.